The second-order valence-electron chi connectivity index (χ2n) is 3.19. The third-order valence-corrected chi connectivity index (χ3v) is 1.90. The van der Waals surface area contributed by atoms with Gasteiger partial charge < -0.3 is 16.0 Å². The molecular formula is C8H19N3O2. The predicted octanol–water partition coefficient (Wildman–Crippen LogP) is -0.174. The molecule has 0 atom stereocenters. The van der Waals surface area contributed by atoms with E-state index in [1.807, 2.05) is 13.8 Å². The van der Waals surface area contributed by atoms with E-state index < -0.39 is 0 Å². The molecule has 5 nitrogen and oxygen atoms in total. The van der Waals surface area contributed by atoms with Gasteiger partial charge in [-0.25, -0.2) is 0 Å². The monoisotopic (exact) mass is 189 g/mol. The number of nitrogens with two attached hydrogens (primary N) is 1. The van der Waals surface area contributed by atoms with Crippen molar-refractivity contribution in [1.82, 2.24) is 4.90 Å². The Morgan fingerprint density at radius 3 is 2.46 bits per heavy atom. The van der Waals surface area contributed by atoms with E-state index in [0.29, 0.717) is 25.6 Å². The molecule has 0 saturated heterocycles. The fraction of sp³-hybridized carbons (Fsp3) is 0.875. The van der Waals surface area contributed by atoms with Crippen molar-refractivity contribution in [1.29, 1.82) is 0 Å². The van der Waals surface area contributed by atoms with Crippen LogP contribution in [0.3, 0.4) is 0 Å². The summed E-state index contributed by atoms with van der Waals surface area (Å²) in [6.07, 6.45) is 0.523. The molecule has 0 spiro atoms. The highest BCUT2D eigenvalue weighted by molar-refractivity contribution is 5.79. The zero-order valence-electron chi connectivity index (χ0n) is 8.27. The van der Waals surface area contributed by atoms with E-state index >= 15 is 0 Å². The first-order chi connectivity index (χ1) is 6.11. The molecule has 4 N–H and O–H groups in total. The number of hydrogen-bond donors (Lipinski definition) is 3. The van der Waals surface area contributed by atoms with Crippen molar-refractivity contribution in [3.8, 4) is 0 Å². The minimum Gasteiger partial charge on any atom is -0.409 e. The number of amidine groups is 1. The predicted molar refractivity (Wildman–Crippen MR) is 51.8 cm³/mol. The summed E-state index contributed by atoms with van der Waals surface area (Å²) in [7, 11) is 0. The van der Waals surface area contributed by atoms with E-state index in [4.69, 9.17) is 16.0 Å². The fourth-order valence-corrected chi connectivity index (χ4v) is 1.06. The van der Waals surface area contributed by atoms with Crippen molar-refractivity contribution < 1.29 is 10.3 Å². The molecule has 0 aromatic heterocycles. The molecule has 0 aliphatic heterocycles. The van der Waals surface area contributed by atoms with Gasteiger partial charge in [0, 0.05) is 25.6 Å². The van der Waals surface area contributed by atoms with Crippen LogP contribution in [0.1, 0.15) is 20.3 Å². The molecular weight excluding hydrogens is 170 g/mol. The van der Waals surface area contributed by atoms with Gasteiger partial charge >= 0.3 is 0 Å². The highest BCUT2D eigenvalue weighted by Crippen LogP contribution is 1.98. The highest BCUT2D eigenvalue weighted by Gasteiger charge is 2.08. The SMILES string of the molecule is CC(C)N(CCO)CCC(N)=NO. The Bertz CT molecular complexity index is 159. The van der Waals surface area contributed by atoms with Crippen LogP contribution in [0.4, 0.5) is 0 Å². The van der Waals surface area contributed by atoms with E-state index in [1.165, 1.54) is 0 Å². The van der Waals surface area contributed by atoms with Crippen LogP contribution in [-0.4, -0.2) is 46.8 Å². The Morgan fingerprint density at radius 1 is 1.46 bits per heavy atom. The van der Waals surface area contributed by atoms with Gasteiger partial charge in [0.2, 0.25) is 0 Å². The van der Waals surface area contributed by atoms with Crippen molar-refractivity contribution in [2.24, 2.45) is 10.9 Å². The Kier molecular flexibility index (Phi) is 6.26. The van der Waals surface area contributed by atoms with Crippen LogP contribution in [0.2, 0.25) is 0 Å². The summed E-state index contributed by atoms with van der Waals surface area (Å²) in [6, 6.07) is 0.360. The first kappa shape index (κ1) is 12.2. The molecule has 0 aliphatic carbocycles. The van der Waals surface area contributed by atoms with Gasteiger partial charge in [-0.1, -0.05) is 5.16 Å². The summed E-state index contributed by atoms with van der Waals surface area (Å²) in [5, 5.41) is 20.0. The van der Waals surface area contributed by atoms with Crippen molar-refractivity contribution >= 4 is 5.84 Å². The van der Waals surface area contributed by atoms with Gasteiger partial charge in [-0.2, -0.15) is 0 Å². The lowest BCUT2D eigenvalue weighted by Crippen LogP contribution is -2.36. The standard InChI is InChI=1S/C8H19N3O2/c1-7(2)11(5-6-12)4-3-8(9)10-13/h7,12-13H,3-6H2,1-2H3,(H2,9,10). The summed E-state index contributed by atoms with van der Waals surface area (Å²) in [5.41, 5.74) is 5.33. The molecule has 0 saturated carbocycles. The van der Waals surface area contributed by atoms with Gasteiger partial charge in [0.05, 0.1) is 6.61 Å². The first-order valence-electron chi connectivity index (χ1n) is 4.43. The normalized spacial score (nSPS) is 12.8. The van der Waals surface area contributed by atoms with Crippen LogP contribution in [0.5, 0.6) is 0 Å². The number of nitrogens with zero attached hydrogens (tertiary/aromatic N) is 2. The molecule has 0 aromatic rings. The summed E-state index contributed by atoms with van der Waals surface area (Å²) >= 11 is 0. The molecule has 0 heterocycles. The molecule has 0 rings (SSSR count). The molecule has 0 bridgehead atoms. The zero-order valence-corrected chi connectivity index (χ0v) is 8.27. The van der Waals surface area contributed by atoms with Crippen LogP contribution < -0.4 is 5.73 Å². The smallest absolute Gasteiger partial charge is 0.140 e. The Labute approximate surface area is 78.8 Å². The van der Waals surface area contributed by atoms with Gasteiger partial charge in [0.15, 0.2) is 0 Å². The molecule has 0 aliphatic rings. The molecule has 0 amide bonds. The average Bonchev–Trinajstić information content (AvgIpc) is 2.11. The summed E-state index contributed by atoms with van der Waals surface area (Å²) < 4.78 is 0. The number of aliphatic hydroxyl groups is 1. The van der Waals surface area contributed by atoms with Crippen molar-refractivity contribution in [2.45, 2.75) is 26.3 Å². The van der Waals surface area contributed by atoms with Crippen LogP contribution in [0, 0.1) is 0 Å². The quantitative estimate of drug-likeness (QED) is 0.234. The second kappa shape index (κ2) is 6.68. The maximum absolute atomic E-state index is 8.76. The molecule has 0 aromatic carbocycles. The lowest BCUT2D eigenvalue weighted by atomic mass is 10.3. The highest BCUT2D eigenvalue weighted by atomic mass is 16.4. The van der Waals surface area contributed by atoms with Crippen LogP contribution in [0.25, 0.3) is 0 Å². The Hall–Kier alpha value is -0.810. The lowest BCUT2D eigenvalue weighted by molar-refractivity contribution is 0.169. The third kappa shape index (κ3) is 5.43. The van der Waals surface area contributed by atoms with E-state index in [1.54, 1.807) is 0 Å². The summed E-state index contributed by atoms with van der Waals surface area (Å²) in [6.45, 7) is 5.54. The second-order valence-corrected chi connectivity index (χ2v) is 3.19. The summed E-state index contributed by atoms with van der Waals surface area (Å²) in [5.74, 6) is 0.226. The van der Waals surface area contributed by atoms with Crippen LogP contribution in [0.15, 0.2) is 5.16 Å². The number of hydrogen-bond acceptors (Lipinski definition) is 4. The van der Waals surface area contributed by atoms with Crippen LogP contribution in [-0.2, 0) is 0 Å². The third-order valence-electron chi connectivity index (χ3n) is 1.90. The van der Waals surface area contributed by atoms with E-state index in [-0.39, 0.29) is 12.4 Å². The fourth-order valence-electron chi connectivity index (χ4n) is 1.06. The topological polar surface area (TPSA) is 82.1 Å². The van der Waals surface area contributed by atoms with Gasteiger partial charge in [0.1, 0.15) is 5.84 Å². The lowest BCUT2D eigenvalue weighted by Gasteiger charge is -2.24. The number of rotatable bonds is 6. The molecule has 78 valence electrons. The first-order valence-corrected chi connectivity index (χ1v) is 4.43. The maximum atomic E-state index is 8.76. The van der Waals surface area contributed by atoms with E-state index in [0.717, 1.165) is 0 Å². The molecule has 13 heavy (non-hydrogen) atoms. The van der Waals surface area contributed by atoms with Crippen molar-refractivity contribution in [2.75, 3.05) is 19.7 Å². The number of aliphatic hydroxyl groups excluding tert-OH is 1. The largest absolute Gasteiger partial charge is 0.409 e. The molecule has 5 heteroatoms. The summed E-state index contributed by atoms with van der Waals surface area (Å²) in [4.78, 5) is 2.07. The molecule has 0 fully saturated rings. The molecule has 0 unspecified atom stereocenters. The maximum Gasteiger partial charge on any atom is 0.140 e. The van der Waals surface area contributed by atoms with Crippen molar-refractivity contribution in [3.63, 3.8) is 0 Å². The number of oxime groups is 1. The minimum absolute atomic E-state index is 0.133. The Balaban J connectivity index is 3.82. The minimum atomic E-state index is 0.133. The van der Waals surface area contributed by atoms with Crippen LogP contribution >= 0.6 is 0 Å². The van der Waals surface area contributed by atoms with Gasteiger partial charge in [-0.15, -0.1) is 0 Å². The van der Waals surface area contributed by atoms with Gasteiger partial charge in [-0.05, 0) is 13.8 Å². The van der Waals surface area contributed by atoms with Gasteiger partial charge in [-0.3, -0.25) is 4.90 Å². The van der Waals surface area contributed by atoms with Crippen molar-refractivity contribution in [3.05, 3.63) is 0 Å². The van der Waals surface area contributed by atoms with Gasteiger partial charge in [0.25, 0.3) is 0 Å². The Morgan fingerprint density at radius 2 is 2.08 bits per heavy atom. The molecule has 0 radical (unpaired) electrons. The van der Waals surface area contributed by atoms with E-state index in [2.05, 4.69) is 10.1 Å². The van der Waals surface area contributed by atoms with E-state index in [9.17, 15) is 0 Å². The zero-order chi connectivity index (χ0) is 10.3. The average molecular weight is 189 g/mol.